The van der Waals surface area contributed by atoms with Crippen LogP contribution >= 0.6 is 0 Å². The van der Waals surface area contributed by atoms with E-state index in [0.717, 1.165) is 19.3 Å². The number of methoxy groups -OCH3 is 1. The van der Waals surface area contributed by atoms with Crippen molar-refractivity contribution >= 4 is 5.97 Å². The third kappa shape index (κ3) is 1.26. The van der Waals surface area contributed by atoms with Gasteiger partial charge in [-0.2, -0.15) is 0 Å². The number of esters is 1. The first kappa shape index (κ1) is 12.4. The molecule has 0 spiro atoms. The molecule has 102 valence electrons. The summed E-state index contributed by atoms with van der Waals surface area (Å²) >= 11 is 0. The molecule has 3 saturated carbocycles. The fourth-order valence-electron chi connectivity index (χ4n) is 3.64. The maximum Gasteiger partial charge on any atom is 0.311 e. The fourth-order valence-corrected chi connectivity index (χ4v) is 3.64. The van der Waals surface area contributed by atoms with Crippen molar-refractivity contribution in [3.05, 3.63) is 0 Å². The van der Waals surface area contributed by atoms with Crippen molar-refractivity contribution in [2.24, 2.45) is 10.8 Å². The van der Waals surface area contributed by atoms with Crippen LogP contribution in [0.5, 0.6) is 0 Å². The quantitative estimate of drug-likeness (QED) is 0.709. The largest absolute Gasteiger partial charge is 0.469 e. The molecule has 4 rings (SSSR count). The summed E-state index contributed by atoms with van der Waals surface area (Å²) in [6.07, 6.45) is 2.38. The molecular weight excluding hydrogens is 232 g/mol. The molecule has 1 saturated heterocycles. The number of hydrogen-bond donors (Lipinski definition) is 0. The smallest absolute Gasteiger partial charge is 0.311 e. The van der Waals surface area contributed by atoms with E-state index in [4.69, 9.17) is 14.2 Å². The Labute approximate surface area is 108 Å². The second-order valence-electron chi connectivity index (χ2n) is 7.25. The molecule has 2 bridgehead atoms. The Morgan fingerprint density at radius 2 is 1.50 bits per heavy atom. The lowest BCUT2D eigenvalue weighted by molar-refractivity contribution is -0.311. The maximum absolute atomic E-state index is 11.7. The summed E-state index contributed by atoms with van der Waals surface area (Å²) in [5, 5.41) is 0. The molecule has 1 heterocycles. The van der Waals surface area contributed by atoms with E-state index in [2.05, 4.69) is 27.7 Å². The van der Waals surface area contributed by atoms with Crippen molar-refractivity contribution in [2.45, 2.75) is 64.4 Å². The first-order valence-corrected chi connectivity index (χ1v) is 6.61. The minimum absolute atomic E-state index is 0.0548. The van der Waals surface area contributed by atoms with Gasteiger partial charge in [-0.05, 0) is 47.0 Å². The lowest BCUT2D eigenvalue weighted by atomic mass is 9.35. The summed E-state index contributed by atoms with van der Waals surface area (Å²) in [6, 6.07) is 0. The highest BCUT2D eigenvalue weighted by molar-refractivity contribution is 5.81. The summed E-state index contributed by atoms with van der Waals surface area (Å²) < 4.78 is 17.0. The van der Waals surface area contributed by atoms with Crippen LogP contribution in [0.1, 0.15) is 47.0 Å². The number of carbonyl (C=O) groups excluding carboxylic acids is 1. The van der Waals surface area contributed by atoms with E-state index in [0.29, 0.717) is 0 Å². The van der Waals surface area contributed by atoms with Crippen molar-refractivity contribution in [3.63, 3.8) is 0 Å². The Balaban J connectivity index is 1.70. The lowest BCUT2D eigenvalue weighted by Crippen LogP contribution is -2.70. The van der Waals surface area contributed by atoms with Gasteiger partial charge in [0.25, 0.3) is 0 Å². The number of rotatable bonds is 2. The third-order valence-electron chi connectivity index (χ3n) is 5.44. The molecule has 0 aromatic rings. The third-order valence-corrected chi connectivity index (χ3v) is 5.44. The average Bonchev–Trinajstić information content (AvgIpc) is 2.31. The van der Waals surface area contributed by atoms with Crippen molar-refractivity contribution in [3.8, 4) is 0 Å². The zero-order valence-electron chi connectivity index (χ0n) is 11.8. The monoisotopic (exact) mass is 254 g/mol. The zero-order chi connectivity index (χ0) is 13.4. The Hall–Kier alpha value is -0.610. The Bertz CT molecular complexity index is 374. The van der Waals surface area contributed by atoms with Gasteiger partial charge in [0.1, 0.15) is 0 Å². The molecule has 0 unspecified atom stereocenters. The maximum atomic E-state index is 11.7. The minimum Gasteiger partial charge on any atom is -0.469 e. The number of carbonyl (C=O) groups is 1. The summed E-state index contributed by atoms with van der Waals surface area (Å²) in [5.41, 5.74) is -0.741. The molecule has 3 aliphatic carbocycles. The Morgan fingerprint density at radius 3 is 1.89 bits per heavy atom. The Kier molecular flexibility index (Phi) is 2.14. The predicted molar refractivity (Wildman–Crippen MR) is 64.8 cm³/mol. The van der Waals surface area contributed by atoms with E-state index in [-0.39, 0.29) is 34.3 Å². The number of hydrogen-bond acceptors (Lipinski definition) is 4. The van der Waals surface area contributed by atoms with Gasteiger partial charge in [-0.1, -0.05) is 0 Å². The molecular formula is C14H22O4. The van der Waals surface area contributed by atoms with E-state index in [1.807, 2.05) is 0 Å². The van der Waals surface area contributed by atoms with Gasteiger partial charge in [-0.25, -0.2) is 0 Å². The van der Waals surface area contributed by atoms with Crippen LogP contribution in [0.3, 0.4) is 0 Å². The molecule has 4 nitrogen and oxygen atoms in total. The first-order chi connectivity index (χ1) is 8.16. The summed E-state index contributed by atoms with van der Waals surface area (Å²) in [4.78, 5) is 11.7. The minimum atomic E-state index is -0.286. The van der Waals surface area contributed by atoms with Crippen LogP contribution in [0, 0.1) is 10.8 Å². The predicted octanol–water partition coefficient (Wildman–Crippen LogP) is 2.26. The first-order valence-electron chi connectivity index (χ1n) is 6.61. The summed E-state index contributed by atoms with van der Waals surface area (Å²) in [5.74, 6) is -0.0686. The molecule has 4 fully saturated rings. The second kappa shape index (κ2) is 3.10. The van der Waals surface area contributed by atoms with Crippen LogP contribution in [0.15, 0.2) is 0 Å². The van der Waals surface area contributed by atoms with Gasteiger partial charge in [-0.15, -0.1) is 0 Å². The van der Waals surface area contributed by atoms with Crippen molar-refractivity contribution in [2.75, 3.05) is 7.11 Å². The summed E-state index contributed by atoms with van der Waals surface area (Å²) in [7, 11) is 1.46. The highest BCUT2D eigenvalue weighted by atomic mass is 16.7. The van der Waals surface area contributed by atoms with Gasteiger partial charge >= 0.3 is 5.97 Å². The fraction of sp³-hybridized carbons (Fsp3) is 0.929. The average molecular weight is 254 g/mol. The standard InChI is InChI=1S/C14H22O4/c1-11(2)12(3,4)18-10(17-11)14-6-13(7-14,8-14)9(15)16-5/h10H,6-8H2,1-5H3. The molecule has 18 heavy (non-hydrogen) atoms. The molecule has 0 aromatic heterocycles. The number of ether oxygens (including phenoxy) is 3. The molecule has 0 atom stereocenters. The van der Waals surface area contributed by atoms with Crippen LogP contribution in [0.4, 0.5) is 0 Å². The summed E-state index contributed by atoms with van der Waals surface area (Å²) in [6.45, 7) is 8.26. The van der Waals surface area contributed by atoms with Crippen LogP contribution in [-0.2, 0) is 19.0 Å². The Morgan fingerprint density at radius 1 is 1.06 bits per heavy atom. The zero-order valence-corrected chi connectivity index (χ0v) is 11.8. The molecule has 0 N–H and O–H groups in total. The molecule has 1 aliphatic heterocycles. The second-order valence-corrected chi connectivity index (χ2v) is 7.25. The van der Waals surface area contributed by atoms with Gasteiger partial charge in [-0.3, -0.25) is 4.79 Å². The van der Waals surface area contributed by atoms with E-state index in [1.165, 1.54) is 7.11 Å². The van der Waals surface area contributed by atoms with E-state index >= 15 is 0 Å². The van der Waals surface area contributed by atoms with Crippen molar-refractivity contribution in [1.29, 1.82) is 0 Å². The van der Waals surface area contributed by atoms with Crippen LogP contribution < -0.4 is 0 Å². The van der Waals surface area contributed by atoms with Crippen LogP contribution in [-0.4, -0.2) is 30.6 Å². The van der Waals surface area contributed by atoms with Gasteiger partial charge < -0.3 is 14.2 Å². The SMILES string of the molecule is COC(=O)C12CC(C3OC(C)(C)C(C)(C)O3)(C1)C2. The van der Waals surface area contributed by atoms with Crippen LogP contribution in [0.25, 0.3) is 0 Å². The normalized spacial score (nSPS) is 44.1. The highest BCUT2D eigenvalue weighted by Crippen LogP contribution is 2.76. The van der Waals surface area contributed by atoms with Crippen LogP contribution in [0.2, 0.25) is 0 Å². The molecule has 4 aliphatic rings. The van der Waals surface area contributed by atoms with Gasteiger partial charge in [0.2, 0.25) is 0 Å². The molecule has 0 aromatic carbocycles. The van der Waals surface area contributed by atoms with E-state index in [1.54, 1.807) is 0 Å². The van der Waals surface area contributed by atoms with Gasteiger partial charge in [0.05, 0.1) is 23.7 Å². The molecule has 4 heteroatoms. The van der Waals surface area contributed by atoms with Crippen molar-refractivity contribution < 1.29 is 19.0 Å². The van der Waals surface area contributed by atoms with Gasteiger partial charge in [0.15, 0.2) is 6.29 Å². The van der Waals surface area contributed by atoms with Gasteiger partial charge in [0, 0.05) is 5.41 Å². The van der Waals surface area contributed by atoms with E-state index < -0.39 is 0 Å². The highest BCUT2D eigenvalue weighted by Gasteiger charge is 2.77. The topological polar surface area (TPSA) is 44.8 Å². The molecule has 0 amide bonds. The van der Waals surface area contributed by atoms with E-state index in [9.17, 15) is 4.79 Å². The molecule has 0 radical (unpaired) electrons. The van der Waals surface area contributed by atoms with Crippen molar-refractivity contribution in [1.82, 2.24) is 0 Å². The lowest BCUT2D eigenvalue weighted by Gasteiger charge is -2.69.